The van der Waals surface area contributed by atoms with E-state index in [0.29, 0.717) is 6.42 Å². The molecule has 0 aromatic carbocycles. The maximum atomic E-state index is 12.5. The summed E-state index contributed by atoms with van der Waals surface area (Å²) >= 11 is 0. The molecule has 2 atom stereocenters. The zero-order valence-electron chi connectivity index (χ0n) is 30.2. The van der Waals surface area contributed by atoms with E-state index in [1.807, 2.05) is 0 Å². The standard InChI is InChI=1S/C38H68NO8P/c1-3-5-7-9-11-13-15-17-18-19-21-23-25-27-29-31-38(41)47-36(35-46-48(42,43)45-33-32-39)34-44-37(40)30-28-26-24-22-20-16-14-12-10-8-6-4-2/h5,7,11,13,17-18,21,23,36H,3-4,6,8-10,12,14-16,19-20,22,24-35,39H2,1-2H3,(H,42,43)/b7-5-,13-11-,18-17-,23-21-. The van der Waals surface area contributed by atoms with Crippen LogP contribution in [0.25, 0.3) is 0 Å². The van der Waals surface area contributed by atoms with Crippen LogP contribution in [0.3, 0.4) is 0 Å². The minimum Gasteiger partial charge on any atom is -0.462 e. The van der Waals surface area contributed by atoms with Crippen LogP contribution in [0.2, 0.25) is 0 Å². The highest BCUT2D eigenvalue weighted by Gasteiger charge is 2.25. The molecule has 278 valence electrons. The van der Waals surface area contributed by atoms with Gasteiger partial charge in [0.25, 0.3) is 0 Å². The van der Waals surface area contributed by atoms with E-state index in [1.54, 1.807) is 0 Å². The first-order valence-electron chi connectivity index (χ1n) is 18.6. The second-order valence-corrected chi connectivity index (χ2v) is 13.5. The number of unbranched alkanes of at least 4 members (excludes halogenated alkanes) is 13. The number of hydrogen-bond donors (Lipinski definition) is 2. The molecule has 0 aromatic heterocycles. The molecule has 0 bridgehead atoms. The van der Waals surface area contributed by atoms with Crippen LogP contribution < -0.4 is 5.73 Å². The predicted octanol–water partition coefficient (Wildman–Crippen LogP) is 9.99. The van der Waals surface area contributed by atoms with Gasteiger partial charge in [-0.25, -0.2) is 4.57 Å². The molecule has 2 unspecified atom stereocenters. The highest BCUT2D eigenvalue weighted by Crippen LogP contribution is 2.43. The van der Waals surface area contributed by atoms with Crippen molar-refractivity contribution in [1.82, 2.24) is 0 Å². The lowest BCUT2D eigenvalue weighted by atomic mass is 10.0. The SMILES string of the molecule is CC/C=C\C/C=C\C/C=C\C/C=C\CCCCC(=O)OC(COC(=O)CCCCCCCCCCCCCC)COP(=O)(O)OCCN. The maximum absolute atomic E-state index is 12.5. The lowest BCUT2D eigenvalue weighted by Gasteiger charge is -2.19. The quantitative estimate of drug-likeness (QED) is 0.0291. The Kier molecular flexibility index (Phi) is 33.3. The molecule has 0 amide bonds. The molecule has 0 aliphatic carbocycles. The Hall–Kier alpha value is -2.03. The van der Waals surface area contributed by atoms with E-state index in [-0.39, 0.29) is 32.6 Å². The molecule has 10 heteroatoms. The van der Waals surface area contributed by atoms with Gasteiger partial charge in [-0.2, -0.15) is 0 Å². The van der Waals surface area contributed by atoms with Crippen LogP contribution in [-0.2, 0) is 32.7 Å². The van der Waals surface area contributed by atoms with E-state index in [0.717, 1.165) is 57.8 Å². The Bertz CT molecular complexity index is 934. The van der Waals surface area contributed by atoms with Crippen molar-refractivity contribution in [2.75, 3.05) is 26.4 Å². The van der Waals surface area contributed by atoms with E-state index < -0.39 is 32.5 Å². The molecule has 0 spiro atoms. The molecule has 0 aliphatic heterocycles. The summed E-state index contributed by atoms with van der Waals surface area (Å²) in [5.41, 5.74) is 5.32. The monoisotopic (exact) mass is 697 g/mol. The van der Waals surface area contributed by atoms with Crippen molar-refractivity contribution in [2.24, 2.45) is 5.73 Å². The first-order chi connectivity index (χ1) is 23.3. The van der Waals surface area contributed by atoms with Gasteiger partial charge in [0.2, 0.25) is 0 Å². The van der Waals surface area contributed by atoms with Gasteiger partial charge >= 0.3 is 19.8 Å². The number of phosphoric ester groups is 1. The van der Waals surface area contributed by atoms with Crippen molar-refractivity contribution in [3.8, 4) is 0 Å². The van der Waals surface area contributed by atoms with E-state index in [9.17, 15) is 19.0 Å². The smallest absolute Gasteiger partial charge is 0.462 e. The normalized spacial score (nSPS) is 14.0. The number of carbonyl (C=O) groups is 2. The van der Waals surface area contributed by atoms with Crippen LogP contribution >= 0.6 is 7.82 Å². The summed E-state index contributed by atoms with van der Waals surface area (Å²) in [7, 11) is -4.38. The number of nitrogens with two attached hydrogens (primary N) is 1. The number of phosphoric acid groups is 1. The van der Waals surface area contributed by atoms with Crippen molar-refractivity contribution in [2.45, 2.75) is 155 Å². The Morgan fingerprint density at radius 2 is 1.15 bits per heavy atom. The van der Waals surface area contributed by atoms with E-state index in [4.69, 9.17) is 24.3 Å². The number of ether oxygens (including phenoxy) is 2. The highest BCUT2D eigenvalue weighted by atomic mass is 31.2. The number of esters is 2. The van der Waals surface area contributed by atoms with E-state index in [2.05, 4.69) is 62.5 Å². The zero-order chi connectivity index (χ0) is 35.4. The van der Waals surface area contributed by atoms with E-state index >= 15 is 0 Å². The van der Waals surface area contributed by atoms with Gasteiger partial charge < -0.3 is 20.1 Å². The topological polar surface area (TPSA) is 134 Å². The molecule has 0 aromatic rings. The molecule has 0 heterocycles. The first kappa shape index (κ1) is 46.0. The van der Waals surface area contributed by atoms with Gasteiger partial charge in [-0.3, -0.25) is 18.6 Å². The van der Waals surface area contributed by atoms with Gasteiger partial charge in [0.1, 0.15) is 6.61 Å². The summed E-state index contributed by atoms with van der Waals surface area (Å²) < 4.78 is 32.6. The zero-order valence-corrected chi connectivity index (χ0v) is 31.1. The molecular formula is C38H68NO8P. The fourth-order valence-corrected chi connectivity index (χ4v) is 5.51. The largest absolute Gasteiger partial charge is 0.472 e. The lowest BCUT2D eigenvalue weighted by Crippen LogP contribution is -2.29. The van der Waals surface area contributed by atoms with Crippen molar-refractivity contribution in [3.05, 3.63) is 48.6 Å². The summed E-state index contributed by atoms with van der Waals surface area (Å²) in [6, 6.07) is 0. The van der Waals surface area contributed by atoms with Gasteiger partial charge in [-0.1, -0.05) is 133 Å². The maximum Gasteiger partial charge on any atom is 0.472 e. The van der Waals surface area contributed by atoms with Crippen LogP contribution in [-0.4, -0.2) is 49.3 Å². The molecular weight excluding hydrogens is 629 g/mol. The second-order valence-electron chi connectivity index (χ2n) is 12.1. The summed E-state index contributed by atoms with van der Waals surface area (Å²) in [6.45, 7) is 3.54. The van der Waals surface area contributed by atoms with Gasteiger partial charge in [-0.05, 0) is 51.4 Å². The third-order valence-corrected chi connectivity index (χ3v) is 8.46. The minimum absolute atomic E-state index is 0.0456. The Balaban J connectivity index is 4.32. The molecule has 9 nitrogen and oxygen atoms in total. The fourth-order valence-electron chi connectivity index (χ4n) is 4.74. The molecule has 0 fully saturated rings. The van der Waals surface area contributed by atoms with Crippen LogP contribution in [0.15, 0.2) is 48.6 Å². The molecule has 0 saturated carbocycles. The fraction of sp³-hybridized carbons (Fsp3) is 0.737. The van der Waals surface area contributed by atoms with Crippen molar-refractivity contribution in [3.63, 3.8) is 0 Å². The molecule has 0 rings (SSSR count). The van der Waals surface area contributed by atoms with Gasteiger partial charge in [0.05, 0.1) is 13.2 Å². The number of hydrogen-bond acceptors (Lipinski definition) is 8. The molecule has 0 aliphatic rings. The number of carbonyl (C=O) groups excluding carboxylic acids is 2. The average Bonchev–Trinajstić information content (AvgIpc) is 3.07. The van der Waals surface area contributed by atoms with Crippen LogP contribution in [0, 0.1) is 0 Å². The lowest BCUT2D eigenvalue weighted by molar-refractivity contribution is -0.161. The van der Waals surface area contributed by atoms with Crippen LogP contribution in [0.1, 0.15) is 149 Å². The van der Waals surface area contributed by atoms with Crippen LogP contribution in [0.4, 0.5) is 0 Å². The summed E-state index contributed by atoms with van der Waals surface area (Å²) in [6.07, 6.45) is 37.2. The Morgan fingerprint density at radius 1 is 0.646 bits per heavy atom. The van der Waals surface area contributed by atoms with Gasteiger partial charge in [0.15, 0.2) is 6.10 Å². The Morgan fingerprint density at radius 3 is 1.71 bits per heavy atom. The highest BCUT2D eigenvalue weighted by molar-refractivity contribution is 7.47. The minimum atomic E-state index is -4.38. The molecule has 48 heavy (non-hydrogen) atoms. The molecule has 0 saturated heterocycles. The van der Waals surface area contributed by atoms with Gasteiger partial charge in [0, 0.05) is 19.4 Å². The third kappa shape index (κ3) is 33.9. The third-order valence-electron chi connectivity index (χ3n) is 7.48. The van der Waals surface area contributed by atoms with E-state index in [1.165, 1.54) is 57.8 Å². The molecule has 3 N–H and O–H groups in total. The second kappa shape index (κ2) is 34.8. The number of allylic oxidation sites excluding steroid dienone is 8. The predicted molar refractivity (Wildman–Crippen MR) is 196 cm³/mol. The first-order valence-corrected chi connectivity index (χ1v) is 20.1. The molecule has 0 radical (unpaired) electrons. The van der Waals surface area contributed by atoms with Crippen molar-refractivity contribution < 1.29 is 37.6 Å². The summed E-state index contributed by atoms with van der Waals surface area (Å²) in [5, 5.41) is 0. The summed E-state index contributed by atoms with van der Waals surface area (Å²) in [5.74, 6) is -0.881. The summed E-state index contributed by atoms with van der Waals surface area (Å²) in [4.78, 5) is 34.6. The Labute approximate surface area is 292 Å². The number of rotatable bonds is 34. The van der Waals surface area contributed by atoms with Gasteiger partial charge in [-0.15, -0.1) is 0 Å². The van der Waals surface area contributed by atoms with Crippen molar-refractivity contribution >= 4 is 19.8 Å². The van der Waals surface area contributed by atoms with Crippen molar-refractivity contribution in [1.29, 1.82) is 0 Å². The van der Waals surface area contributed by atoms with Crippen LogP contribution in [0.5, 0.6) is 0 Å². The average molecular weight is 698 g/mol.